The highest BCUT2D eigenvalue weighted by atomic mass is 16.7. The number of aliphatic carboxylic acids is 1. The Bertz CT molecular complexity index is 1510. The molecule has 1 rings (SSSR count). The van der Waals surface area contributed by atoms with E-state index >= 15 is 0 Å². The van der Waals surface area contributed by atoms with Gasteiger partial charge in [-0.2, -0.15) is 0 Å². The lowest BCUT2D eigenvalue weighted by molar-refractivity contribution is -0.301. The van der Waals surface area contributed by atoms with E-state index in [1.54, 1.807) is 0 Å². The van der Waals surface area contributed by atoms with E-state index in [1.807, 2.05) is 12.2 Å². The Morgan fingerprint density at radius 1 is 0.479 bits per heavy atom. The van der Waals surface area contributed by atoms with Crippen molar-refractivity contribution in [2.45, 2.75) is 263 Å². The van der Waals surface area contributed by atoms with E-state index < -0.39 is 67.3 Å². The molecule has 0 bridgehead atoms. The number of ether oxygens (including phenoxy) is 5. The fourth-order valence-electron chi connectivity index (χ4n) is 7.96. The maximum atomic E-state index is 13.1. The highest BCUT2D eigenvalue weighted by Gasteiger charge is 2.50. The summed E-state index contributed by atoms with van der Waals surface area (Å²) in [6, 6.07) is 0. The summed E-state index contributed by atoms with van der Waals surface area (Å²) in [5.74, 6) is -3.25. The van der Waals surface area contributed by atoms with Gasteiger partial charge in [-0.25, -0.2) is 4.79 Å². The largest absolute Gasteiger partial charge is 0.479 e. The van der Waals surface area contributed by atoms with Gasteiger partial charge in [-0.3, -0.25) is 14.4 Å². The molecule has 3 N–H and O–H groups in total. The zero-order valence-electron chi connectivity index (χ0n) is 44.4. The first-order chi connectivity index (χ1) is 34.6. The summed E-state index contributed by atoms with van der Waals surface area (Å²) in [7, 11) is 0. The Balaban J connectivity index is 2.76. The second-order valence-electron chi connectivity index (χ2n) is 18.8. The minimum atomic E-state index is -1.92. The number of carbonyl (C=O) groups is 4. The number of allylic oxidation sites excluding steroid dienone is 12. The predicted molar refractivity (Wildman–Crippen MR) is 285 cm³/mol. The lowest BCUT2D eigenvalue weighted by Crippen LogP contribution is -2.61. The number of aliphatic hydroxyl groups is 2. The highest BCUT2D eigenvalue weighted by molar-refractivity contribution is 5.74. The van der Waals surface area contributed by atoms with Crippen molar-refractivity contribution < 1.29 is 58.2 Å². The number of unbranched alkanes of at least 4 members (excludes halogenated alkanes) is 20. The third kappa shape index (κ3) is 37.6. The highest BCUT2D eigenvalue weighted by Crippen LogP contribution is 2.26. The molecule has 0 aromatic carbocycles. The minimum absolute atomic E-state index is 0.0377. The van der Waals surface area contributed by atoms with Gasteiger partial charge in [0, 0.05) is 19.3 Å². The quantitative estimate of drug-likeness (QED) is 0.0228. The predicted octanol–water partition coefficient (Wildman–Crippen LogP) is 13.8. The zero-order chi connectivity index (χ0) is 51.8. The average Bonchev–Trinajstić information content (AvgIpc) is 3.35. The van der Waals surface area contributed by atoms with Crippen LogP contribution in [-0.2, 0) is 42.9 Å². The molecule has 0 aromatic rings. The fourth-order valence-corrected chi connectivity index (χ4v) is 7.96. The van der Waals surface area contributed by atoms with E-state index in [-0.39, 0.29) is 25.9 Å². The first kappa shape index (κ1) is 65.2. The van der Waals surface area contributed by atoms with E-state index in [1.165, 1.54) is 64.2 Å². The summed E-state index contributed by atoms with van der Waals surface area (Å²) in [4.78, 5) is 50.9. The molecule has 0 aliphatic carbocycles. The van der Waals surface area contributed by atoms with Crippen LogP contribution >= 0.6 is 0 Å². The second kappa shape index (κ2) is 47.2. The molecule has 1 saturated heterocycles. The number of esters is 3. The molecular weight excluding hydrogens is 901 g/mol. The summed E-state index contributed by atoms with van der Waals surface area (Å²) in [5, 5.41) is 31.4. The van der Waals surface area contributed by atoms with E-state index in [9.17, 15) is 34.5 Å². The van der Waals surface area contributed by atoms with Crippen molar-refractivity contribution in [3.63, 3.8) is 0 Å². The van der Waals surface area contributed by atoms with E-state index in [0.29, 0.717) is 25.7 Å². The van der Waals surface area contributed by atoms with Gasteiger partial charge in [-0.15, -0.1) is 0 Å². The zero-order valence-corrected chi connectivity index (χ0v) is 44.4. The van der Waals surface area contributed by atoms with Crippen molar-refractivity contribution in [1.82, 2.24) is 0 Å². The van der Waals surface area contributed by atoms with E-state index in [2.05, 4.69) is 81.5 Å². The second-order valence-corrected chi connectivity index (χ2v) is 18.8. The first-order valence-corrected chi connectivity index (χ1v) is 27.9. The Hall–Kier alpha value is -3.84. The summed E-state index contributed by atoms with van der Waals surface area (Å²) in [5.41, 5.74) is 0. The molecular formula is C59H98O12. The van der Waals surface area contributed by atoms with Gasteiger partial charge in [0.2, 0.25) is 0 Å². The van der Waals surface area contributed by atoms with Crippen LogP contribution in [0.5, 0.6) is 0 Å². The Labute approximate surface area is 429 Å². The van der Waals surface area contributed by atoms with Crippen molar-refractivity contribution in [1.29, 1.82) is 0 Å². The van der Waals surface area contributed by atoms with E-state index in [4.69, 9.17) is 23.7 Å². The van der Waals surface area contributed by atoms with Gasteiger partial charge in [0.15, 0.2) is 24.6 Å². The van der Waals surface area contributed by atoms with Gasteiger partial charge in [0.25, 0.3) is 0 Å². The lowest BCUT2D eigenvalue weighted by Gasteiger charge is -2.40. The molecule has 71 heavy (non-hydrogen) atoms. The SMILES string of the molecule is CC/C=C\C/C=C\C/C=C\C/C=C\CCC(=O)OC(COC(=O)CCCCCCC/C=C\CCCCCCCC)COC1OC(C(=O)O)C(O)C(O)C1OC(=O)CCCCCCC/C=C\CCCCCC. The topological polar surface area (TPSA) is 175 Å². The minimum Gasteiger partial charge on any atom is -0.479 e. The monoisotopic (exact) mass is 999 g/mol. The Morgan fingerprint density at radius 2 is 0.915 bits per heavy atom. The van der Waals surface area contributed by atoms with Crippen LogP contribution < -0.4 is 0 Å². The number of aliphatic hydroxyl groups excluding tert-OH is 2. The smallest absolute Gasteiger partial charge is 0.335 e. The van der Waals surface area contributed by atoms with Crippen molar-refractivity contribution in [2.75, 3.05) is 13.2 Å². The van der Waals surface area contributed by atoms with Gasteiger partial charge < -0.3 is 39.0 Å². The molecule has 0 spiro atoms. The molecule has 6 unspecified atom stereocenters. The van der Waals surface area contributed by atoms with Crippen LogP contribution in [0.1, 0.15) is 226 Å². The molecule has 0 saturated carbocycles. The van der Waals surface area contributed by atoms with Crippen molar-refractivity contribution >= 4 is 23.9 Å². The molecule has 1 fully saturated rings. The number of rotatable bonds is 46. The standard InChI is InChI=1S/C59H98O12/c1-4-7-10-13-16-19-22-25-26-29-30-33-36-39-42-45-51(60)67-48-50(69-52(61)46-43-40-37-34-31-27-23-20-17-14-11-8-5-2)49-68-59-57(55(64)54(63)56(71-59)58(65)66)70-53(62)47-44-41-38-35-32-28-24-21-18-15-12-9-6-3/h8,11,17,20-21,24-27,31,37,40,50,54-57,59,63-64H,4-7,9-10,12-16,18-19,22-23,28-30,32-36,38-39,41-49H2,1-3H3,(H,65,66)/b11-8-,20-17-,24-21-,26-25-,31-27-,40-37-. The van der Waals surface area contributed by atoms with Crippen LogP contribution in [-0.4, -0.2) is 89.2 Å². The molecule has 1 aliphatic heterocycles. The number of carbonyl (C=O) groups excluding carboxylic acids is 3. The number of carboxylic acid groups (broad SMARTS) is 1. The van der Waals surface area contributed by atoms with Gasteiger partial charge >= 0.3 is 23.9 Å². The van der Waals surface area contributed by atoms with Crippen molar-refractivity contribution in [2.24, 2.45) is 0 Å². The molecule has 12 nitrogen and oxygen atoms in total. The van der Waals surface area contributed by atoms with Gasteiger partial charge in [0.1, 0.15) is 18.8 Å². The molecule has 1 heterocycles. The molecule has 0 aromatic heterocycles. The number of carboxylic acids is 1. The van der Waals surface area contributed by atoms with Gasteiger partial charge in [-0.05, 0) is 96.3 Å². The Kier molecular flexibility index (Phi) is 43.3. The third-order valence-corrected chi connectivity index (χ3v) is 12.3. The maximum absolute atomic E-state index is 13.1. The molecule has 6 atom stereocenters. The first-order valence-electron chi connectivity index (χ1n) is 27.9. The summed E-state index contributed by atoms with van der Waals surface area (Å²) in [6.07, 6.45) is 46.1. The van der Waals surface area contributed by atoms with E-state index in [0.717, 1.165) is 96.3 Å². The van der Waals surface area contributed by atoms with Crippen LogP contribution in [0, 0.1) is 0 Å². The average molecular weight is 999 g/mol. The van der Waals surface area contributed by atoms with Crippen LogP contribution in [0.3, 0.4) is 0 Å². The van der Waals surface area contributed by atoms with Crippen LogP contribution in [0.15, 0.2) is 72.9 Å². The normalized spacial score (nSPS) is 19.0. The fraction of sp³-hybridized carbons (Fsp3) is 0.729. The van der Waals surface area contributed by atoms with Crippen molar-refractivity contribution in [3.8, 4) is 0 Å². The summed E-state index contributed by atoms with van der Waals surface area (Å²) in [6.45, 7) is 5.76. The maximum Gasteiger partial charge on any atom is 0.335 e. The molecule has 0 amide bonds. The van der Waals surface area contributed by atoms with Gasteiger partial charge in [-0.1, -0.05) is 184 Å². The lowest BCUT2D eigenvalue weighted by atomic mass is 9.98. The molecule has 1 aliphatic rings. The number of hydrogen-bond donors (Lipinski definition) is 3. The molecule has 0 radical (unpaired) electrons. The Morgan fingerprint density at radius 3 is 1.42 bits per heavy atom. The number of hydrogen-bond acceptors (Lipinski definition) is 11. The summed E-state index contributed by atoms with van der Waals surface area (Å²) < 4.78 is 28.2. The van der Waals surface area contributed by atoms with Crippen LogP contribution in [0.25, 0.3) is 0 Å². The van der Waals surface area contributed by atoms with Crippen LogP contribution in [0.4, 0.5) is 0 Å². The molecule has 406 valence electrons. The molecule has 12 heteroatoms. The van der Waals surface area contributed by atoms with Crippen molar-refractivity contribution in [3.05, 3.63) is 72.9 Å². The van der Waals surface area contributed by atoms with Crippen LogP contribution in [0.2, 0.25) is 0 Å². The van der Waals surface area contributed by atoms with Gasteiger partial charge in [0.05, 0.1) is 6.61 Å². The summed E-state index contributed by atoms with van der Waals surface area (Å²) >= 11 is 0. The third-order valence-electron chi connectivity index (χ3n) is 12.3.